The van der Waals surface area contributed by atoms with Gasteiger partial charge in [-0.1, -0.05) is 12.1 Å². The molecule has 1 fully saturated rings. The Bertz CT molecular complexity index is 1120. The monoisotopic (exact) mass is 481 g/mol. The molecule has 168 valence electrons. The Morgan fingerprint density at radius 2 is 1.48 bits per heavy atom. The number of benzene rings is 2. The van der Waals surface area contributed by atoms with Crippen LogP contribution in [0.2, 0.25) is 0 Å². The molecule has 0 saturated carbocycles. The summed E-state index contributed by atoms with van der Waals surface area (Å²) in [5.74, 6) is -11.6. The highest BCUT2D eigenvalue weighted by Gasteiger charge is 2.48. The summed E-state index contributed by atoms with van der Waals surface area (Å²) in [4.78, 5) is 11.4. The quantitative estimate of drug-likeness (QED) is 0.406. The molecule has 1 N–H and O–H groups in total. The van der Waals surface area contributed by atoms with Gasteiger partial charge in [-0.15, -0.1) is 0 Å². The first-order valence-corrected chi connectivity index (χ1v) is 11.2. The van der Waals surface area contributed by atoms with Gasteiger partial charge in [0.2, 0.25) is 15.8 Å². The van der Waals surface area contributed by atoms with Gasteiger partial charge in [0.05, 0.1) is 10.5 Å². The molecule has 0 bridgehead atoms. The summed E-state index contributed by atoms with van der Waals surface area (Å²) in [6, 6.07) is 2.27. The maximum Gasteiger partial charge on any atom is 0.323 e. The molecular formula is C19H16F5NO4S2. The van der Waals surface area contributed by atoms with E-state index in [-0.39, 0.29) is 11.4 Å². The fourth-order valence-corrected chi connectivity index (χ4v) is 6.52. The van der Waals surface area contributed by atoms with E-state index in [9.17, 15) is 40.3 Å². The van der Waals surface area contributed by atoms with Gasteiger partial charge >= 0.3 is 5.97 Å². The number of thioether (sulfide) groups is 1. The fraction of sp³-hybridized carbons (Fsp3) is 0.316. The van der Waals surface area contributed by atoms with Crippen LogP contribution in [0.3, 0.4) is 0 Å². The number of sulfonamides is 1. The van der Waals surface area contributed by atoms with Crippen molar-refractivity contribution in [2.75, 3.05) is 12.3 Å². The highest BCUT2D eigenvalue weighted by atomic mass is 32.2. The summed E-state index contributed by atoms with van der Waals surface area (Å²) in [6.45, 7) is 3.13. The summed E-state index contributed by atoms with van der Waals surface area (Å²) in [6.07, 6.45) is 0. The van der Waals surface area contributed by atoms with Crippen LogP contribution in [0, 0.1) is 29.1 Å². The third-order valence-corrected chi connectivity index (χ3v) is 8.16. The van der Waals surface area contributed by atoms with Gasteiger partial charge in [0.25, 0.3) is 0 Å². The van der Waals surface area contributed by atoms with E-state index in [1.165, 1.54) is 11.8 Å². The second-order valence-electron chi connectivity index (χ2n) is 7.28. The van der Waals surface area contributed by atoms with Crippen molar-refractivity contribution in [1.82, 2.24) is 4.31 Å². The van der Waals surface area contributed by atoms with Crippen molar-refractivity contribution in [2.24, 2.45) is 0 Å². The predicted octanol–water partition coefficient (Wildman–Crippen LogP) is 4.02. The fourth-order valence-electron chi connectivity index (χ4n) is 3.42. The molecule has 0 radical (unpaired) electrons. The number of halogens is 5. The van der Waals surface area contributed by atoms with Gasteiger partial charge in [0.15, 0.2) is 23.3 Å². The zero-order valence-electron chi connectivity index (χ0n) is 16.1. The Hall–Kier alpha value is -2.18. The van der Waals surface area contributed by atoms with Crippen LogP contribution < -0.4 is 0 Å². The average molecular weight is 481 g/mol. The molecule has 0 aliphatic carbocycles. The number of carboxylic acid groups (broad SMARTS) is 1. The Morgan fingerprint density at radius 3 is 1.97 bits per heavy atom. The van der Waals surface area contributed by atoms with Crippen LogP contribution in [0.15, 0.2) is 29.2 Å². The molecule has 0 aromatic heterocycles. The minimum absolute atomic E-state index is 0.0766. The summed E-state index contributed by atoms with van der Waals surface area (Å²) < 4.78 is 94.3. The molecule has 2 aromatic rings. The van der Waals surface area contributed by atoms with E-state index < -0.39 is 67.0 Å². The first-order valence-electron chi connectivity index (χ1n) is 8.81. The molecule has 31 heavy (non-hydrogen) atoms. The van der Waals surface area contributed by atoms with Gasteiger partial charge in [0.1, 0.15) is 6.04 Å². The third kappa shape index (κ3) is 3.92. The van der Waals surface area contributed by atoms with Crippen LogP contribution in [0.5, 0.6) is 0 Å². The number of carbonyl (C=O) groups is 1. The van der Waals surface area contributed by atoms with E-state index in [1.54, 1.807) is 13.8 Å². The normalized spacial score (nSPS) is 19.4. The number of rotatable bonds is 4. The SMILES string of the molecule is CC1(C)SCCN(S(=O)(=O)c2ccc(-c3c(F)c(F)c(F)c(F)c3F)cc2)C1C(=O)O. The van der Waals surface area contributed by atoms with E-state index in [0.29, 0.717) is 5.75 Å². The van der Waals surface area contributed by atoms with Crippen molar-refractivity contribution in [3.63, 3.8) is 0 Å². The molecule has 5 nitrogen and oxygen atoms in total. The van der Waals surface area contributed by atoms with Crippen molar-refractivity contribution in [3.05, 3.63) is 53.4 Å². The Labute approximate surface area is 178 Å². The van der Waals surface area contributed by atoms with Crippen molar-refractivity contribution in [2.45, 2.75) is 29.5 Å². The summed E-state index contributed by atoms with van der Waals surface area (Å²) in [5.41, 5.74) is -1.63. The van der Waals surface area contributed by atoms with Crippen LogP contribution in [0.4, 0.5) is 22.0 Å². The second kappa shape index (κ2) is 8.06. The van der Waals surface area contributed by atoms with Gasteiger partial charge in [0, 0.05) is 17.0 Å². The van der Waals surface area contributed by atoms with Gasteiger partial charge in [-0.25, -0.2) is 30.4 Å². The minimum atomic E-state index is -4.33. The number of carboxylic acids is 1. The Kier molecular flexibility index (Phi) is 6.11. The third-order valence-electron chi connectivity index (χ3n) is 4.93. The van der Waals surface area contributed by atoms with Crippen LogP contribution in [-0.4, -0.2) is 46.9 Å². The first kappa shape index (κ1) is 23.5. The maximum absolute atomic E-state index is 14.0. The smallest absolute Gasteiger partial charge is 0.323 e. The molecule has 1 heterocycles. The minimum Gasteiger partial charge on any atom is -0.480 e. The number of hydrogen-bond acceptors (Lipinski definition) is 4. The Morgan fingerprint density at radius 1 is 1.00 bits per heavy atom. The van der Waals surface area contributed by atoms with Gasteiger partial charge in [-0.2, -0.15) is 16.1 Å². The molecule has 2 aromatic carbocycles. The van der Waals surface area contributed by atoms with Gasteiger partial charge in [-0.05, 0) is 31.5 Å². The average Bonchev–Trinajstić information content (AvgIpc) is 2.70. The molecule has 1 aliphatic rings. The molecule has 1 aliphatic heterocycles. The van der Waals surface area contributed by atoms with Crippen molar-refractivity contribution in [1.29, 1.82) is 0 Å². The summed E-state index contributed by atoms with van der Waals surface area (Å²) in [5, 5.41) is 9.58. The van der Waals surface area contributed by atoms with E-state index in [2.05, 4.69) is 0 Å². The molecule has 0 spiro atoms. The largest absolute Gasteiger partial charge is 0.480 e. The predicted molar refractivity (Wildman–Crippen MR) is 104 cm³/mol. The lowest BCUT2D eigenvalue weighted by Crippen LogP contribution is -2.58. The lowest BCUT2D eigenvalue weighted by atomic mass is 10.0. The summed E-state index contributed by atoms with van der Waals surface area (Å²) in [7, 11) is -4.33. The summed E-state index contributed by atoms with van der Waals surface area (Å²) >= 11 is 1.31. The van der Waals surface area contributed by atoms with Crippen LogP contribution in [-0.2, 0) is 14.8 Å². The molecule has 1 unspecified atom stereocenters. The number of hydrogen-bond donors (Lipinski definition) is 1. The van der Waals surface area contributed by atoms with Crippen molar-refractivity contribution < 1.29 is 40.3 Å². The second-order valence-corrected chi connectivity index (χ2v) is 10.9. The zero-order valence-corrected chi connectivity index (χ0v) is 17.8. The molecule has 1 saturated heterocycles. The molecule has 1 atom stereocenters. The van der Waals surface area contributed by atoms with E-state index in [1.807, 2.05) is 0 Å². The molecule has 3 rings (SSSR count). The topological polar surface area (TPSA) is 74.7 Å². The molecule has 0 amide bonds. The maximum atomic E-state index is 14.0. The zero-order chi connectivity index (χ0) is 23.3. The van der Waals surface area contributed by atoms with E-state index in [4.69, 9.17) is 0 Å². The molecular weight excluding hydrogens is 465 g/mol. The van der Waals surface area contributed by atoms with E-state index in [0.717, 1.165) is 28.6 Å². The number of nitrogens with zero attached hydrogens (tertiary/aromatic N) is 1. The highest BCUT2D eigenvalue weighted by Crippen LogP contribution is 2.39. The first-order chi connectivity index (χ1) is 14.3. The number of aliphatic carboxylic acids is 1. The van der Waals surface area contributed by atoms with Gasteiger partial charge in [-0.3, -0.25) is 4.79 Å². The Balaban J connectivity index is 2.05. The molecule has 12 heteroatoms. The van der Waals surface area contributed by atoms with Crippen molar-refractivity contribution >= 4 is 27.8 Å². The van der Waals surface area contributed by atoms with Crippen LogP contribution >= 0.6 is 11.8 Å². The van der Waals surface area contributed by atoms with E-state index >= 15 is 0 Å². The lowest BCUT2D eigenvalue weighted by Gasteiger charge is -2.42. The van der Waals surface area contributed by atoms with Crippen molar-refractivity contribution in [3.8, 4) is 11.1 Å². The van der Waals surface area contributed by atoms with Crippen LogP contribution in [0.25, 0.3) is 11.1 Å². The van der Waals surface area contributed by atoms with Crippen LogP contribution in [0.1, 0.15) is 13.8 Å². The highest BCUT2D eigenvalue weighted by molar-refractivity contribution is 8.00. The lowest BCUT2D eigenvalue weighted by molar-refractivity contribution is -0.142. The standard InChI is InChI=1S/C19H16F5NO4S2/c1-19(2)17(18(26)27)25(7-8-30-19)31(28,29)10-5-3-9(4-6-10)11-12(20)14(22)16(24)15(23)13(11)21/h3-6,17H,7-8H2,1-2H3,(H,26,27). The van der Waals surface area contributed by atoms with Gasteiger partial charge < -0.3 is 5.11 Å².